The van der Waals surface area contributed by atoms with E-state index < -0.39 is 0 Å². The van der Waals surface area contributed by atoms with Crippen LogP contribution in [0.4, 0.5) is 4.79 Å². The van der Waals surface area contributed by atoms with Gasteiger partial charge in [0.2, 0.25) is 0 Å². The minimum Gasteiger partial charge on any atom is -0.486 e. The van der Waals surface area contributed by atoms with Gasteiger partial charge in [-0.3, -0.25) is 0 Å². The molecule has 1 fully saturated rings. The molecule has 154 valence electrons. The smallest absolute Gasteiger partial charge is 0.410 e. The number of nitrogens with one attached hydrogen (secondary N) is 1. The predicted octanol–water partition coefficient (Wildman–Crippen LogP) is 3.60. The van der Waals surface area contributed by atoms with E-state index in [0.717, 1.165) is 56.1 Å². The van der Waals surface area contributed by atoms with Crippen LogP contribution in [0.25, 0.3) is 0 Å². The molecule has 0 aromatic heterocycles. The van der Waals surface area contributed by atoms with Crippen LogP contribution in [-0.4, -0.2) is 43.8 Å². The predicted molar refractivity (Wildman–Crippen MR) is 110 cm³/mol. The lowest BCUT2D eigenvalue weighted by molar-refractivity contribution is 0.0789. The molecule has 6 heteroatoms. The third kappa shape index (κ3) is 5.41. The SMILES string of the molecule is O=C(OCc1ccccc1)N1CCCC(CNCc2ccc3c(c2)OCCO3)C1. The van der Waals surface area contributed by atoms with Gasteiger partial charge in [-0.15, -0.1) is 0 Å². The van der Waals surface area contributed by atoms with Crippen LogP contribution in [0.2, 0.25) is 0 Å². The highest BCUT2D eigenvalue weighted by atomic mass is 16.6. The van der Waals surface area contributed by atoms with Gasteiger partial charge in [0, 0.05) is 19.6 Å². The van der Waals surface area contributed by atoms with Gasteiger partial charge in [0.25, 0.3) is 0 Å². The second kappa shape index (κ2) is 9.65. The molecule has 0 bridgehead atoms. The number of piperidine rings is 1. The molecule has 2 aromatic rings. The Bertz CT molecular complexity index is 812. The molecule has 2 aliphatic rings. The lowest BCUT2D eigenvalue weighted by atomic mass is 9.98. The minimum absolute atomic E-state index is 0.217. The molecule has 1 N–H and O–H groups in total. The summed E-state index contributed by atoms with van der Waals surface area (Å²) >= 11 is 0. The van der Waals surface area contributed by atoms with Crippen LogP contribution in [0.3, 0.4) is 0 Å². The first-order chi connectivity index (χ1) is 14.3. The summed E-state index contributed by atoms with van der Waals surface area (Å²) in [7, 11) is 0. The van der Waals surface area contributed by atoms with Crippen molar-refractivity contribution in [3.8, 4) is 11.5 Å². The average molecular weight is 396 g/mol. The first-order valence-corrected chi connectivity index (χ1v) is 10.3. The number of ether oxygens (including phenoxy) is 3. The summed E-state index contributed by atoms with van der Waals surface area (Å²) in [5.74, 6) is 2.07. The molecule has 1 amide bonds. The number of nitrogens with zero attached hydrogens (tertiary/aromatic N) is 1. The molecule has 29 heavy (non-hydrogen) atoms. The first-order valence-electron chi connectivity index (χ1n) is 10.3. The van der Waals surface area contributed by atoms with Crippen molar-refractivity contribution in [2.75, 3.05) is 32.8 Å². The Labute approximate surface area is 171 Å². The monoisotopic (exact) mass is 396 g/mol. The van der Waals surface area contributed by atoms with Gasteiger partial charge in [0.05, 0.1) is 0 Å². The van der Waals surface area contributed by atoms with E-state index in [0.29, 0.717) is 25.7 Å². The Morgan fingerprint density at radius 2 is 1.90 bits per heavy atom. The maximum Gasteiger partial charge on any atom is 0.410 e. The summed E-state index contributed by atoms with van der Waals surface area (Å²) in [6, 6.07) is 15.9. The molecule has 2 heterocycles. The standard InChI is InChI=1S/C23H28N2O4/c26-23(29-17-18-5-2-1-3-6-18)25-10-4-7-20(16-25)15-24-14-19-8-9-21-22(13-19)28-12-11-27-21/h1-3,5-6,8-9,13,20,24H,4,7,10-12,14-17H2. The number of rotatable bonds is 6. The van der Waals surface area contributed by atoms with E-state index in [1.165, 1.54) is 5.56 Å². The highest BCUT2D eigenvalue weighted by Gasteiger charge is 2.24. The van der Waals surface area contributed by atoms with Crippen molar-refractivity contribution in [3.63, 3.8) is 0 Å². The van der Waals surface area contributed by atoms with E-state index in [1.807, 2.05) is 47.4 Å². The third-order valence-corrected chi connectivity index (χ3v) is 5.35. The van der Waals surface area contributed by atoms with Crippen LogP contribution in [-0.2, 0) is 17.9 Å². The second-order valence-electron chi connectivity index (χ2n) is 7.60. The zero-order valence-corrected chi connectivity index (χ0v) is 16.6. The van der Waals surface area contributed by atoms with Gasteiger partial charge in [-0.1, -0.05) is 36.4 Å². The Kier molecular flexibility index (Phi) is 6.52. The van der Waals surface area contributed by atoms with Gasteiger partial charge in [-0.05, 0) is 48.6 Å². The van der Waals surface area contributed by atoms with Crippen molar-refractivity contribution in [1.82, 2.24) is 10.2 Å². The summed E-state index contributed by atoms with van der Waals surface area (Å²) in [6.45, 7) is 4.68. The number of hydrogen-bond donors (Lipinski definition) is 1. The molecular formula is C23H28N2O4. The quantitative estimate of drug-likeness (QED) is 0.809. The van der Waals surface area contributed by atoms with E-state index in [9.17, 15) is 4.79 Å². The maximum atomic E-state index is 12.4. The first kappa shape index (κ1) is 19.6. The second-order valence-corrected chi connectivity index (χ2v) is 7.60. The summed E-state index contributed by atoms with van der Waals surface area (Å²) in [5.41, 5.74) is 2.18. The minimum atomic E-state index is -0.217. The van der Waals surface area contributed by atoms with Crippen LogP contribution in [0.5, 0.6) is 11.5 Å². The number of carbonyl (C=O) groups excluding carboxylic acids is 1. The molecule has 0 saturated carbocycles. The van der Waals surface area contributed by atoms with Crippen molar-refractivity contribution in [1.29, 1.82) is 0 Å². The fourth-order valence-electron chi connectivity index (χ4n) is 3.83. The fourth-order valence-corrected chi connectivity index (χ4v) is 3.83. The molecule has 6 nitrogen and oxygen atoms in total. The highest BCUT2D eigenvalue weighted by molar-refractivity contribution is 5.67. The Hall–Kier alpha value is -2.73. The van der Waals surface area contributed by atoms with Crippen molar-refractivity contribution in [2.45, 2.75) is 26.0 Å². The largest absolute Gasteiger partial charge is 0.486 e. The Balaban J connectivity index is 1.21. The van der Waals surface area contributed by atoms with Crippen molar-refractivity contribution in [2.24, 2.45) is 5.92 Å². The number of carbonyl (C=O) groups is 1. The fraction of sp³-hybridized carbons (Fsp3) is 0.435. The number of benzene rings is 2. The van der Waals surface area contributed by atoms with Gasteiger partial charge in [-0.25, -0.2) is 4.79 Å². The zero-order valence-electron chi connectivity index (χ0n) is 16.6. The van der Waals surface area contributed by atoms with Crippen LogP contribution in [0.1, 0.15) is 24.0 Å². The van der Waals surface area contributed by atoms with Crippen LogP contribution in [0.15, 0.2) is 48.5 Å². The topological polar surface area (TPSA) is 60.0 Å². The van der Waals surface area contributed by atoms with Gasteiger partial charge in [-0.2, -0.15) is 0 Å². The molecular weight excluding hydrogens is 368 g/mol. The van der Waals surface area contributed by atoms with E-state index in [4.69, 9.17) is 14.2 Å². The lowest BCUT2D eigenvalue weighted by Gasteiger charge is -2.32. The summed E-state index contributed by atoms with van der Waals surface area (Å²) in [5, 5.41) is 3.52. The number of fused-ring (bicyclic) bond motifs is 1. The number of likely N-dealkylation sites (tertiary alicyclic amines) is 1. The molecule has 1 saturated heterocycles. The molecule has 1 atom stereocenters. The lowest BCUT2D eigenvalue weighted by Crippen LogP contribution is -2.43. The van der Waals surface area contributed by atoms with Crippen LogP contribution < -0.4 is 14.8 Å². The molecule has 2 aliphatic heterocycles. The summed E-state index contributed by atoms with van der Waals surface area (Å²) in [4.78, 5) is 14.2. The van der Waals surface area contributed by atoms with Gasteiger partial charge >= 0.3 is 6.09 Å². The van der Waals surface area contributed by atoms with Crippen molar-refractivity contribution >= 4 is 6.09 Å². The molecule has 0 spiro atoms. The zero-order chi connectivity index (χ0) is 19.9. The summed E-state index contributed by atoms with van der Waals surface area (Å²) in [6.07, 6.45) is 1.92. The van der Waals surface area contributed by atoms with Crippen molar-refractivity contribution < 1.29 is 19.0 Å². The Morgan fingerprint density at radius 1 is 1.07 bits per heavy atom. The van der Waals surface area contributed by atoms with Gasteiger partial charge < -0.3 is 24.4 Å². The van der Waals surface area contributed by atoms with E-state index >= 15 is 0 Å². The third-order valence-electron chi connectivity index (χ3n) is 5.35. The van der Waals surface area contributed by atoms with E-state index in [1.54, 1.807) is 0 Å². The molecule has 0 radical (unpaired) electrons. The van der Waals surface area contributed by atoms with E-state index in [-0.39, 0.29) is 6.09 Å². The average Bonchev–Trinajstić information content (AvgIpc) is 2.78. The normalized spacial score (nSPS) is 18.3. The molecule has 4 rings (SSSR count). The summed E-state index contributed by atoms with van der Waals surface area (Å²) < 4.78 is 16.7. The van der Waals surface area contributed by atoms with Gasteiger partial charge in [0.15, 0.2) is 11.5 Å². The van der Waals surface area contributed by atoms with Gasteiger partial charge in [0.1, 0.15) is 19.8 Å². The number of hydrogen-bond acceptors (Lipinski definition) is 5. The molecule has 2 aromatic carbocycles. The van der Waals surface area contributed by atoms with Crippen LogP contribution in [0, 0.1) is 5.92 Å². The Morgan fingerprint density at radius 3 is 2.76 bits per heavy atom. The van der Waals surface area contributed by atoms with Crippen molar-refractivity contribution in [3.05, 3.63) is 59.7 Å². The van der Waals surface area contributed by atoms with Crippen LogP contribution >= 0.6 is 0 Å². The molecule has 0 aliphatic carbocycles. The maximum absolute atomic E-state index is 12.4. The molecule has 1 unspecified atom stereocenters. The highest BCUT2D eigenvalue weighted by Crippen LogP contribution is 2.30. The van der Waals surface area contributed by atoms with E-state index in [2.05, 4.69) is 11.4 Å². The number of amides is 1.